The summed E-state index contributed by atoms with van der Waals surface area (Å²) in [5, 5.41) is 2.55. The van der Waals surface area contributed by atoms with Gasteiger partial charge < -0.3 is 14.8 Å². The summed E-state index contributed by atoms with van der Waals surface area (Å²) in [6.45, 7) is -1.64. The van der Waals surface area contributed by atoms with E-state index in [1.54, 1.807) is 12.1 Å². The van der Waals surface area contributed by atoms with Gasteiger partial charge in [0.2, 0.25) is 0 Å². The van der Waals surface area contributed by atoms with E-state index < -0.39 is 24.6 Å². The predicted molar refractivity (Wildman–Crippen MR) is 93.0 cm³/mol. The van der Waals surface area contributed by atoms with Crippen molar-refractivity contribution in [2.45, 2.75) is 19.6 Å². The smallest absolute Gasteiger partial charge is 0.387 e. The Morgan fingerprint density at radius 3 is 2.38 bits per heavy atom. The topological polar surface area (TPSA) is 64.6 Å². The van der Waals surface area contributed by atoms with Crippen LogP contribution < -0.4 is 10.1 Å². The summed E-state index contributed by atoms with van der Waals surface area (Å²) in [5.74, 6) is -1.61. The van der Waals surface area contributed by atoms with Crippen LogP contribution in [-0.2, 0) is 9.53 Å². The third-order valence-electron chi connectivity index (χ3n) is 3.16. The van der Waals surface area contributed by atoms with Gasteiger partial charge in [-0.2, -0.15) is 8.78 Å². The van der Waals surface area contributed by atoms with Gasteiger partial charge in [-0.05, 0) is 37.3 Å². The lowest BCUT2D eigenvalue weighted by atomic mass is 10.2. The molecule has 2 aromatic rings. The lowest BCUT2D eigenvalue weighted by molar-refractivity contribution is -0.123. The van der Waals surface area contributed by atoms with Crippen LogP contribution in [0.5, 0.6) is 5.75 Å². The highest BCUT2D eigenvalue weighted by Crippen LogP contribution is 2.29. The van der Waals surface area contributed by atoms with E-state index in [2.05, 4.69) is 10.1 Å². The zero-order chi connectivity index (χ0) is 19.3. The molecule has 0 fully saturated rings. The van der Waals surface area contributed by atoms with E-state index >= 15 is 0 Å². The Morgan fingerprint density at radius 1 is 1.08 bits per heavy atom. The maximum absolute atomic E-state index is 12.2. The number of hydrogen-bond donors (Lipinski definition) is 1. The first-order chi connectivity index (χ1) is 12.3. The highest BCUT2D eigenvalue weighted by molar-refractivity contribution is 6.33. The van der Waals surface area contributed by atoms with Crippen molar-refractivity contribution in [3.63, 3.8) is 0 Å². The molecule has 2 rings (SSSR count). The summed E-state index contributed by atoms with van der Waals surface area (Å²) in [7, 11) is 0. The third-order valence-corrected chi connectivity index (χ3v) is 3.79. The highest BCUT2D eigenvalue weighted by atomic mass is 35.5. The average Bonchev–Trinajstić information content (AvgIpc) is 2.57. The summed E-state index contributed by atoms with van der Waals surface area (Å²) in [6, 6.07) is 10.00. The molecular formula is C17H13Cl2F2NO4. The second kappa shape index (κ2) is 8.82. The van der Waals surface area contributed by atoms with Crippen LogP contribution in [0, 0.1) is 0 Å². The van der Waals surface area contributed by atoms with E-state index in [-0.39, 0.29) is 27.0 Å². The number of carbonyl (C=O) groups is 2. The first-order valence-electron chi connectivity index (χ1n) is 7.28. The van der Waals surface area contributed by atoms with Crippen LogP contribution in [0.25, 0.3) is 0 Å². The fourth-order valence-electron chi connectivity index (χ4n) is 1.92. The van der Waals surface area contributed by atoms with Crippen LogP contribution in [0.2, 0.25) is 10.0 Å². The SMILES string of the molecule is C[C@@H](OC(=O)c1ccccc1Cl)C(=O)Nc1ccc(OC(F)F)c(Cl)c1. The molecule has 5 nitrogen and oxygen atoms in total. The largest absolute Gasteiger partial charge is 0.449 e. The Kier molecular flexibility index (Phi) is 6.76. The number of ether oxygens (including phenoxy) is 2. The lowest BCUT2D eigenvalue weighted by Crippen LogP contribution is -2.30. The number of halogens is 4. The molecule has 0 aliphatic rings. The van der Waals surface area contributed by atoms with Gasteiger partial charge in [0.25, 0.3) is 5.91 Å². The first-order valence-corrected chi connectivity index (χ1v) is 8.04. The highest BCUT2D eigenvalue weighted by Gasteiger charge is 2.21. The molecule has 1 amide bonds. The molecule has 0 aliphatic heterocycles. The first kappa shape index (κ1) is 19.9. The molecule has 0 unspecified atom stereocenters. The molecule has 138 valence electrons. The van der Waals surface area contributed by atoms with Gasteiger partial charge in [0.05, 0.1) is 15.6 Å². The normalized spacial score (nSPS) is 11.8. The zero-order valence-electron chi connectivity index (χ0n) is 13.3. The number of hydrogen-bond acceptors (Lipinski definition) is 4. The Balaban J connectivity index is 2.00. The van der Waals surface area contributed by atoms with E-state index in [9.17, 15) is 18.4 Å². The molecule has 1 atom stereocenters. The molecule has 0 bridgehead atoms. The van der Waals surface area contributed by atoms with Crippen molar-refractivity contribution < 1.29 is 27.8 Å². The number of nitrogens with one attached hydrogen (secondary N) is 1. The number of amides is 1. The van der Waals surface area contributed by atoms with Gasteiger partial charge in [0.1, 0.15) is 5.75 Å². The minimum absolute atomic E-state index is 0.108. The van der Waals surface area contributed by atoms with Crippen molar-refractivity contribution in [1.29, 1.82) is 0 Å². The minimum atomic E-state index is -3.02. The van der Waals surface area contributed by atoms with E-state index in [1.807, 2.05) is 0 Å². The molecule has 1 N–H and O–H groups in total. The summed E-state index contributed by atoms with van der Waals surface area (Å²) in [6.07, 6.45) is -1.13. The van der Waals surface area contributed by atoms with Crippen LogP contribution in [-0.4, -0.2) is 24.6 Å². The molecule has 0 aromatic heterocycles. The van der Waals surface area contributed by atoms with Crippen molar-refractivity contribution in [3.8, 4) is 5.75 Å². The number of esters is 1. The van der Waals surface area contributed by atoms with Gasteiger partial charge in [-0.15, -0.1) is 0 Å². The lowest BCUT2D eigenvalue weighted by Gasteiger charge is -2.15. The van der Waals surface area contributed by atoms with Crippen molar-refractivity contribution in [3.05, 3.63) is 58.1 Å². The molecule has 0 aliphatic carbocycles. The molecule has 0 heterocycles. The quantitative estimate of drug-likeness (QED) is 0.704. The second-order valence-electron chi connectivity index (χ2n) is 5.04. The fourth-order valence-corrected chi connectivity index (χ4v) is 2.36. The number of benzene rings is 2. The molecule has 0 radical (unpaired) electrons. The van der Waals surface area contributed by atoms with Crippen LogP contribution in [0.4, 0.5) is 14.5 Å². The van der Waals surface area contributed by atoms with Gasteiger partial charge in [-0.3, -0.25) is 4.79 Å². The van der Waals surface area contributed by atoms with Crippen LogP contribution >= 0.6 is 23.2 Å². The van der Waals surface area contributed by atoms with Crippen molar-refractivity contribution in [1.82, 2.24) is 0 Å². The summed E-state index contributed by atoms with van der Waals surface area (Å²) >= 11 is 11.7. The molecule has 0 spiro atoms. The maximum atomic E-state index is 12.2. The molecule has 2 aromatic carbocycles. The second-order valence-corrected chi connectivity index (χ2v) is 5.85. The standard InChI is InChI=1S/C17H13Cl2F2NO4/c1-9(25-16(24)11-4-2-3-5-12(11)18)15(23)22-10-6-7-14(13(19)8-10)26-17(20)21/h2-9,17H,1H3,(H,22,23)/t9-/m1/s1. The van der Waals surface area contributed by atoms with Crippen molar-refractivity contribution in [2.75, 3.05) is 5.32 Å². The van der Waals surface area contributed by atoms with Crippen molar-refractivity contribution >= 4 is 40.8 Å². The summed E-state index contributed by atoms with van der Waals surface area (Å²) < 4.78 is 33.7. The Hall–Kier alpha value is -2.38. The van der Waals surface area contributed by atoms with E-state index in [0.717, 1.165) is 0 Å². The van der Waals surface area contributed by atoms with Crippen LogP contribution in [0.3, 0.4) is 0 Å². The molecule has 9 heteroatoms. The fraction of sp³-hybridized carbons (Fsp3) is 0.176. The number of alkyl halides is 2. The Labute approximate surface area is 157 Å². The van der Waals surface area contributed by atoms with Crippen LogP contribution in [0.15, 0.2) is 42.5 Å². The molecule has 26 heavy (non-hydrogen) atoms. The maximum Gasteiger partial charge on any atom is 0.387 e. The number of anilines is 1. The Bertz CT molecular complexity index is 817. The Morgan fingerprint density at radius 2 is 1.77 bits per heavy atom. The van der Waals surface area contributed by atoms with Crippen LogP contribution in [0.1, 0.15) is 17.3 Å². The predicted octanol–water partition coefficient (Wildman–Crippen LogP) is 4.78. The van der Waals surface area contributed by atoms with Crippen molar-refractivity contribution in [2.24, 2.45) is 0 Å². The monoisotopic (exact) mass is 403 g/mol. The molecule has 0 saturated carbocycles. The van der Waals surface area contributed by atoms with Gasteiger partial charge in [-0.25, -0.2) is 4.79 Å². The van der Waals surface area contributed by atoms with Gasteiger partial charge >= 0.3 is 12.6 Å². The number of carbonyl (C=O) groups excluding carboxylic acids is 2. The molecular weight excluding hydrogens is 391 g/mol. The zero-order valence-corrected chi connectivity index (χ0v) is 14.9. The summed E-state index contributed by atoms with van der Waals surface area (Å²) in [4.78, 5) is 24.2. The summed E-state index contributed by atoms with van der Waals surface area (Å²) in [5.41, 5.74) is 0.354. The average molecular weight is 404 g/mol. The molecule has 0 saturated heterocycles. The third kappa shape index (κ3) is 5.31. The van der Waals surface area contributed by atoms with E-state index in [1.165, 1.54) is 37.3 Å². The number of rotatable bonds is 6. The minimum Gasteiger partial charge on any atom is -0.449 e. The van der Waals surface area contributed by atoms with Gasteiger partial charge in [0.15, 0.2) is 6.10 Å². The van der Waals surface area contributed by atoms with E-state index in [4.69, 9.17) is 27.9 Å². The van der Waals surface area contributed by atoms with Gasteiger partial charge in [-0.1, -0.05) is 35.3 Å². The van der Waals surface area contributed by atoms with Gasteiger partial charge in [0, 0.05) is 5.69 Å². The van der Waals surface area contributed by atoms with E-state index in [0.29, 0.717) is 0 Å².